The van der Waals surface area contributed by atoms with Crippen molar-refractivity contribution in [2.45, 2.75) is 31.0 Å². The quantitative estimate of drug-likeness (QED) is 0.698. The van der Waals surface area contributed by atoms with Gasteiger partial charge in [-0.2, -0.15) is 0 Å². The number of thiophene rings is 1. The van der Waals surface area contributed by atoms with Crippen molar-refractivity contribution in [1.29, 1.82) is 0 Å². The largest absolute Gasteiger partial charge is 0.250 e. The number of hydrogen-bond donors (Lipinski definition) is 1. The topological polar surface area (TPSA) is 59.1 Å². The van der Waals surface area contributed by atoms with Gasteiger partial charge in [0.25, 0.3) is 0 Å². The van der Waals surface area contributed by atoms with Gasteiger partial charge in [0.1, 0.15) is 9.22 Å². The molecule has 1 aromatic carbocycles. The van der Waals surface area contributed by atoms with Crippen molar-refractivity contribution in [3.8, 4) is 9.88 Å². The molecule has 0 amide bonds. The Labute approximate surface area is 150 Å². The molecule has 4 nitrogen and oxygen atoms in total. The zero-order valence-electron chi connectivity index (χ0n) is 13.4. The standard InChI is InChI=1S/C17H18N2O2S3/c1-3-14-11-22-17(19-14)15-8-9-16(23-15)24(20,21)18-10-13-6-4-12(2)5-7-13/h4-9,11,18H,3,10H2,1-2H3. The van der Waals surface area contributed by atoms with Crippen LogP contribution < -0.4 is 4.72 Å². The number of thiazole rings is 1. The van der Waals surface area contributed by atoms with Crippen LogP contribution in [0.25, 0.3) is 9.88 Å². The summed E-state index contributed by atoms with van der Waals surface area (Å²) >= 11 is 2.80. The van der Waals surface area contributed by atoms with Crippen molar-refractivity contribution in [2.24, 2.45) is 0 Å². The fourth-order valence-corrected chi connectivity index (χ4v) is 5.46. The smallest absolute Gasteiger partial charge is 0.240 e. The van der Waals surface area contributed by atoms with Crippen LogP contribution in [0.3, 0.4) is 0 Å². The van der Waals surface area contributed by atoms with E-state index >= 15 is 0 Å². The summed E-state index contributed by atoms with van der Waals surface area (Å²) in [6.07, 6.45) is 0.880. The number of nitrogens with zero attached hydrogens (tertiary/aromatic N) is 1. The SMILES string of the molecule is CCc1csc(-c2ccc(S(=O)(=O)NCc3ccc(C)cc3)s2)n1. The van der Waals surface area contributed by atoms with Crippen LogP contribution in [0.2, 0.25) is 0 Å². The number of aromatic nitrogens is 1. The van der Waals surface area contributed by atoms with Gasteiger partial charge in [-0.15, -0.1) is 22.7 Å². The van der Waals surface area contributed by atoms with Crippen molar-refractivity contribution in [1.82, 2.24) is 9.71 Å². The number of aryl methyl sites for hydroxylation is 2. The molecule has 0 bridgehead atoms. The van der Waals surface area contributed by atoms with E-state index < -0.39 is 10.0 Å². The minimum absolute atomic E-state index is 0.285. The lowest BCUT2D eigenvalue weighted by atomic mass is 10.2. The molecule has 126 valence electrons. The summed E-state index contributed by atoms with van der Waals surface area (Å²) < 4.78 is 27.9. The predicted molar refractivity (Wildman–Crippen MR) is 100 cm³/mol. The van der Waals surface area contributed by atoms with Crippen LogP contribution in [0, 0.1) is 6.92 Å². The van der Waals surface area contributed by atoms with E-state index in [-0.39, 0.29) is 6.54 Å². The zero-order valence-corrected chi connectivity index (χ0v) is 15.9. The van der Waals surface area contributed by atoms with Crippen LogP contribution in [0.15, 0.2) is 46.0 Å². The van der Waals surface area contributed by atoms with E-state index in [1.165, 1.54) is 11.3 Å². The second-order valence-corrected chi connectivity index (χ2v) is 9.36. The summed E-state index contributed by atoms with van der Waals surface area (Å²) in [5.74, 6) is 0. The molecule has 3 rings (SSSR count). The Morgan fingerprint density at radius 1 is 1.12 bits per heavy atom. The minimum Gasteiger partial charge on any atom is -0.240 e. The third-order valence-corrected chi connectivity index (χ3v) is 7.60. The van der Waals surface area contributed by atoms with E-state index in [4.69, 9.17) is 0 Å². The third kappa shape index (κ3) is 3.92. The van der Waals surface area contributed by atoms with Gasteiger partial charge in [0, 0.05) is 11.9 Å². The van der Waals surface area contributed by atoms with E-state index in [0.29, 0.717) is 4.21 Å². The lowest BCUT2D eigenvalue weighted by Crippen LogP contribution is -2.22. The molecule has 0 fully saturated rings. The molecule has 0 saturated heterocycles. The number of benzene rings is 1. The summed E-state index contributed by atoms with van der Waals surface area (Å²) in [6.45, 7) is 4.34. The molecule has 0 atom stereocenters. The lowest BCUT2D eigenvalue weighted by molar-refractivity contribution is 0.583. The molecular formula is C17H18N2O2S3. The van der Waals surface area contributed by atoms with Crippen molar-refractivity contribution in [2.75, 3.05) is 0 Å². The predicted octanol–water partition coefficient (Wildman–Crippen LogP) is 4.22. The van der Waals surface area contributed by atoms with Crippen molar-refractivity contribution in [3.05, 3.63) is 58.6 Å². The first-order valence-corrected chi connectivity index (χ1v) is 10.8. The monoisotopic (exact) mass is 378 g/mol. The highest BCUT2D eigenvalue weighted by atomic mass is 32.2. The van der Waals surface area contributed by atoms with Crippen molar-refractivity contribution >= 4 is 32.7 Å². The summed E-state index contributed by atoms with van der Waals surface area (Å²) in [7, 11) is -3.51. The van der Waals surface area contributed by atoms with Crippen LogP contribution >= 0.6 is 22.7 Å². The first-order valence-electron chi connectivity index (χ1n) is 7.58. The lowest BCUT2D eigenvalue weighted by Gasteiger charge is -2.05. The first kappa shape index (κ1) is 17.3. The molecule has 0 spiro atoms. The van der Waals surface area contributed by atoms with Gasteiger partial charge in [0.15, 0.2) is 0 Å². The van der Waals surface area contributed by atoms with Crippen LogP contribution in [-0.2, 0) is 23.0 Å². The molecule has 24 heavy (non-hydrogen) atoms. The molecule has 2 heterocycles. The average molecular weight is 379 g/mol. The zero-order chi connectivity index (χ0) is 17.2. The van der Waals surface area contributed by atoms with Crippen molar-refractivity contribution in [3.63, 3.8) is 0 Å². The van der Waals surface area contributed by atoms with Crippen LogP contribution in [0.1, 0.15) is 23.7 Å². The maximum atomic E-state index is 12.5. The Hall–Kier alpha value is -1.54. The van der Waals surface area contributed by atoms with Crippen molar-refractivity contribution < 1.29 is 8.42 Å². The van der Waals surface area contributed by atoms with E-state index in [2.05, 4.69) is 16.6 Å². The third-order valence-electron chi connectivity index (χ3n) is 3.56. The Balaban J connectivity index is 1.74. The van der Waals surface area contributed by atoms with E-state index in [0.717, 1.165) is 33.1 Å². The van der Waals surface area contributed by atoms with E-state index in [1.807, 2.05) is 42.6 Å². The van der Waals surface area contributed by atoms with Gasteiger partial charge in [0.05, 0.1) is 10.6 Å². The van der Waals surface area contributed by atoms with Gasteiger partial charge >= 0.3 is 0 Å². The average Bonchev–Trinajstić information content (AvgIpc) is 3.23. The van der Waals surface area contributed by atoms with Crippen LogP contribution in [-0.4, -0.2) is 13.4 Å². The Morgan fingerprint density at radius 2 is 1.88 bits per heavy atom. The number of sulfonamides is 1. The van der Waals surface area contributed by atoms with Gasteiger partial charge in [-0.25, -0.2) is 18.1 Å². The second kappa shape index (κ2) is 7.14. The summed E-state index contributed by atoms with van der Waals surface area (Å²) in [4.78, 5) is 5.39. The summed E-state index contributed by atoms with van der Waals surface area (Å²) in [6, 6.07) is 11.3. The highest BCUT2D eigenvalue weighted by Gasteiger charge is 2.18. The summed E-state index contributed by atoms with van der Waals surface area (Å²) in [5.41, 5.74) is 3.12. The molecule has 3 aromatic rings. The Kier molecular flexibility index (Phi) is 5.15. The fraction of sp³-hybridized carbons (Fsp3) is 0.235. The van der Waals surface area contributed by atoms with Crippen LogP contribution in [0.4, 0.5) is 0 Å². The highest BCUT2D eigenvalue weighted by molar-refractivity contribution is 7.91. The minimum atomic E-state index is -3.51. The van der Waals surface area contributed by atoms with Gasteiger partial charge in [-0.3, -0.25) is 0 Å². The molecule has 0 aliphatic heterocycles. The summed E-state index contributed by atoms with van der Waals surface area (Å²) in [5, 5.41) is 2.88. The fourth-order valence-electron chi connectivity index (χ4n) is 2.12. The second-order valence-electron chi connectivity index (χ2n) is 5.43. The Morgan fingerprint density at radius 3 is 2.54 bits per heavy atom. The molecule has 0 radical (unpaired) electrons. The van der Waals surface area contributed by atoms with Gasteiger partial charge < -0.3 is 0 Å². The number of nitrogens with one attached hydrogen (secondary N) is 1. The molecule has 0 saturated carbocycles. The Bertz CT molecular complexity index is 925. The highest BCUT2D eigenvalue weighted by Crippen LogP contribution is 2.32. The van der Waals surface area contributed by atoms with E-state index in [1.54, 1.807) is 17.4 Å². The maximum Gasteiger partial charge on any atom is 0.250 e. The molecule has 0 aliphatic carbocycles. The first-order chi connectivity index (χ1) is 11.5. The van der Waals surface area contributed by atoms with Gasteiger partial charge in [-0.1, -0.05) is 36.8 Å². The molecule has 7 heteroatoms. The molecule has 2 aromatic heterocycles. The number of hydrogen-bond acceptors (Lipinski definition) is 5. The normalized spacial score (nSPS) is 11.8. The molecule has 0 aliphatic rings. The number of rotatable bonds is 6. The van der Waals surface area contributed by atoms with Crippen LogP contribution in [0.5, 0.6) is 0 Å². The van der Waals surface area contributed by atoms with Gasteiger partial charge in [-0.05, 0) is 31.0 Å². The van der Waals surface area contributed by atoms with E-state index in [9.17, 15) is 8.42 Å². The molecule has 1 N–H and O–H groups in total. The van der Waals surface area contributed by atoms with Gasteiger partial charge in [0.2, 0.25) is 10.0 Å². The molecular weight excluding hydrogens is 360 g/mol. The molecule has 0 unspecified atom stereocenters. The maximum absolute atomic E-state index is 12.5.